The van der Waals surface area contributed by atoms with E-state index >= 15 is 0 Å². The number of rotatable bonds is 4. The molecule has 0 radical (unpaired) electrons. The highest BCUT2D eigenvalue weighted by Crippen LogP contribution is 2.20. The maximum Gasteiger partial charge on any atom is 0.257 e. The van der Waals surface area contributed by atoms with E-state index in [2.05, 4.69) is 5.32 Å². The highest BCUT2D eigenvalue weighted by Gasteiger charge is 2.16. The van der Waals surface area contributed by atoms with Crippen LogP contribution in [0.5, 0.6) is 0 Å². The van der Waals surface area contributed by atoms with Gasteiger partial charge in [0, 0.05) is 12.1 Å². The molecule has 0 spiro atoms. The fourth-order valence-electron chi connectivity index (χ4n) is 2.23. The third-order valence-electron chi connectivity index (χ3n) is 3.45. The minimum absolute atomic E-state index is 0.179. The van der Waals surface area contributed by atoms with Crippen LogP contribution in [-0.4, -0.2) is 5.91 Å². The number of amides is 1. The summed E-state index contributed by atoms with van der Waals surface area (Å²) in [6.07, 6.45) is 3.23. The van der Waals surface area contributed by atoms with Crippen molar-refractivity contribution in [2.24, 2.45) is 0 Å². The fraction of sp³-hybridized carbons (Fsp3) is 0.0556. The van der Waals surface area contributed by atoms with E-state index in [0.29, 0.717) is 0 Å². The zero-order valence-electron chi connectivity index (χ0n) is 12.1. The number of hydrogen-bond acceptors (Lipinski definition) is 2. The van der Waals surface area contributed by atoms with E-state index < -0.39 is 23.1 Å². The van der Waals surface area contributed by atoms with Gasteiger partial charge in [0.25, 0.3) is 5.91 Å². The van der Waals surface area contributed by atoms with Gasteiger partial charge in [0.15, 0.2) is 0 Å². The largest absolute Gasteiger partial charge is 0.472 e. The molecule has 23 heavy (non-hydrogen) atoms. The van der Waals surface area contributed by atoms with Crippen molar-refractivity contribution in [2.75, 3.05) is 0 Å². The van der Waals surface area contributed by atoms with Gasteiger partial charge in [-0.25, -0.2) is 8.78 Å². The van der Waals surface area contributed by atoms with Gasteiger partial charge in [-0.2, -0.15) is 0 Å². The summed E-state index contributed by atoms with van der Waals surface area (Å²) >= 11 is 0. The number of furan rings is 1. The third-order valence-corrected chi connectivity index (χ3v) is 3.45. The molecular weight excluding hydrogens is 300 g/mol. The molecule has 0 aliphatic heterocycles. The Morgan fingerprint density at radius 3 is 2.26 bits per heavy atom. The Morgan fingerprint density at radius 2 is 1.65 bits per heavy atom. The molecule has 0 aliphatic carbocycles. The predicted octanol–water partition coefficient (Wildman–Crippen LogP) is 4.15. The first-order valence-electron chi connectivity index (χ1n) is 6.99. The lowest BCUT2D eigenvalue weighted by atomic mass is 10.1. The van der Waals surface area contributed by atoms with Gasteiger partial charge in [-0.1, -0.05) is 30.3 Å². The molecule has 116 valence electrons. The average Bonchev–Trinajstić information content (AvgIpc) is 3.08. The lowest BCUT2D eigenvalue weighted by Crippen LogP contribution is -2.25. The number of halogens is 2. The molecule has 3 nitrogen and oxygen atoms in total. The maximum atomic E-state index is 13.5. The third kappa shape index (κ3) is 3.29. The minimum atomic E-state index is -0.877. The van der Waals surface area contributed by atoms with Crippen molar-refractivity contribution in [2.45, 2.75) is 6.54 Å². The zero-order valence-corrected chi connectivity index (χ0v) is 12.1. The molecule has 1 N–H and O–H groups in total. The van der Waals surface area contributed by atoms with Crippen molar-refractivity contribution in [3.8, 4) is 11.1 Å². The maximum absolute atomic E-state index is 13.5. The fourth-order valence-corrected chi connectivity index (χ4v) is 2.23. The highest BCUT2D eigenvalue weighted by molar-refractivity contribution is 5.94. The SMILES string of the molecule is O=C(NCc1ccc(-c2ccoc2)cc1)c1c(F)cccc1F. The number of hydrogen-bond donors (Lipinski definition) is 1. The molecule has 0 aliphatic rings. The highest BCUT2D eigenvalue weighted by atomic mass is 19.1. The van der Waals surface area contributed by atoms with Gasteiger partial charge in [-0.3, -0.25) is 4.79 Å². The molecule has 1 heterocycles. The molecule has 0 saturated heterocycles. The Labute approximate surface area is 131 Å². The second-order valence-electron chi connectivity index (χ2n) is 4.99. The first kappa shape index (κ1) is 15.0. The van der Waals surface area contributed by atoms with Crippen LogP contribution < -0.4 is 5.32 Å². The molecule has 0 saturated carbocycles. The molecule has 3 aromatic rings. The minimum Gasteiger partial charge on any atom is -0.472 e. The van der Waals surface area contributed by atoms with Gasteiger partial charge in [0.05, 0.1) is 12.5 Å². The Hall–Kier alpha value is -2.95. The van der Waals surface area contributed by atoms with E-state index in [-0.39, 0.29) is 6.54 Å². The smallest absolute Gasteiger partial charge is 0.257 e. The Kier molecular flexibility index (Phi) is 4.19. The standard InChI is InChI=1S/C18H13F2NO2/c19-15-2-1-3-16(20)17(15)18(22)21-10-12-4-6-13(7-5-12)14-8-9-23-11-14/h1-9,11H,10H2,(H,21,22). The Morgan fingerprint density at radius 1 is 0.957 bits per heavy atom. The summed E-state index contributed by atoms with van der Waals surface area (Å²) in [5.74, 6) is -2.53. The number of nitrogens with one attached hydrogen (secondary N) is 1. The van der Waals surface area contributed by atoms with Gasteiger partial charge in [-0.15, -0.1) is 0 Å². The normalized spacial score (nSPS) is 10.5. The zero-order chi connectivity index (χ0) is 16.2. The molecule has 1 amide bonds. The van der Waals surface area contributed by atoms with Crippen LogP contribution in [0, 0.1) is 11.6 Å². The van der Waals surface area contributed by atoms with Gasteiger partial charge >= 0.3 is 0 Å². The van der Waals surface area contributed by atoms with Crippen molar-refractivity contribution in [3.63, 3.8) is 0 Å². The molecule has 1 aromatic heterocycles. The van der Waals surface area contributed by atoms with Gasteiger partial charge in [0.1, 0.15) is 17.2 Å². The van der Waals surface area contributed by atoms with E-state index in [1.165, 1.54) is 6.07 Å². The summed E-state index contributed by atoms with van der Waals surface area (Å²) in [5.41, 5.74) is 2.19. The summed E-state index contributed by atoms with van der Waals surface area (Å²) < 4.78 is 32.1. The average molecular weight is 313 g/mol. The van der Waals surface area contributed by atoms with E-state index in [0.717, 1.165) is 28.8 Å². The van der Waals surface area contributed by atoms with Crippen LogP contribution in [0.2, 0.25) is 0 Å². The van der Waals surface area contributed by atoms with E-state index in [1.54, 1.807) is 12.5 Å². The Bertz CT molecular complexity index is 791. The van der Waals surface area contributed by atoms with Crippen LogP contribution in [0.4, 0.5) is 8.78 Å². The summed E-state index contributed by atoms with van der Waals surface area (Å²) in [6.45, 7) is 0.179. The van der Waals surface area contributed by atoms with Gasteiger partial charge in [-0.05, 0) is 29.3 Å². The molecule has 0 unspecified atom stereocenters. The quantitative estimate of drug-likeness (QED) is 0.786. The van der Waals surface area contributed by atoms with Gasteiger partial charge < -0.3 is 9.73 Å². The lowest BCUT2D eigenvalue weighted by Gasteiger charge is -2.07. The first-order valence-corrected chi connectivity index (χ1v) is 6.99. The van der Waals surface area contributed by atoms with E-state index in [4.69, 9.17) is 4.42 Å². The second-order valence-corrected chi connectivity index (χ2v) is 4.99. The summed E-state index contributed by atoms with van der Waals surface area (Å²) in [6, 6.07) is 12.6. The molecule has 3 rings (SSSR count). The Balaban J connectivity index is 1.67. The topological polar surface area (TPSA) is 42.2 Å². The molecule has 5 heteroatoms. The molecule has 2 aromatic carbocycles. The van der Waals surface area contributed by atoms with Crippen LogP contribution in [0.1, 0.15) is 15.9 Å². The number of carbonyl (C=O) groups excluding carboxylic acids is 1. The number of carbonyl (C=O) groups is 1. The van der Waals surface area contributed by atoms with Crippen LogP contribution in [0.25, 0.3) is 11.1 Å². The van der Waals surface area contributed by atoms with Crippen molar-refractivity contribution in [1.29, 1.82) is 0 Å². The van der Waals surface area contributed by atoms with Crippen molar-refractivity contribution >= 4 is 5.91 Å². The van der Waals surface area contributed by atoms with Crippen molar-refractivity contribution in [3.05, 3.63) is 83.8 Å². The molecular formula is C18H13F2NO2. The monoisotopic (exact) mass is 313 g/mol. The van der Waals surface area contributed by atoms with Crippen LogP contribution >= 0.6 is 0 Å². The van der Waals surface area contributed by atoms with Crippen molar-refractivity contribution < 1.29 is 18.0 Å². The van der Waals surface area contributed by atoms with Crippen LogP contribution in [0.3, 0.4) is 0 Å². The second kappa shape index (κ2) is 6.44. The molecule has 0 fully saturated rings. The number of benzene rings is 2. The molecule has 0 bridgehead atoms. The summed E-state index contributed by atoms with van der Waals surface area (Å²) in [5, 5.41) is 2.51. The summed E-state index contributed by atoms with van der Waals surface area (Å²) in [4.78, 5) is 11.9. The van der Waals surface area contributed by atoms with Crippen LogP contribution in [0.15, 0.2) is 65.5 Å². The molecule has 0 atom stereocenters. The van der Waals surface area contributed by atoms with E-state index in [9.17, 15) is 13.6 Å². The first-order chi connectivity index (χ1) is 11.1. The van der Waals surface area contributed by atoms with Crippen molar-refractivity contribution in [1.82, 2.24) is 5.32 Å². The van der Waals surface area contributed by atoms with Gasteiger partial charge in [0.2, 0.25) is 0 Å². The van der Waals surface area contributed by atoms with E-state index in [1.807, 2.05) is 30.3 Å². The van der Waals surface area contributed by atoms with Crippen LogP contribution in [-0.2, 0) is 6.54 Å². The predicted molar refractivity (Wildman–Crippen MR) is 81.7 cm³/mol. The lowest BCUT2D eigenvalue weighted by molar-refractivity contribution is 0.0942. The summed E-state index contributed by atoms with van der Waals surface area (Å²) in [7, 11) is 0.